The van der Waals surface area contributed by atoms with E-state index in [2.05, 4.69) is 74.3 Å². The molecule has 1 amide bonds. The predicted molar refractivity (Wildman–Crippen MR) is 390 cm³/mol. The summed E-state index contributed by atoms with van der Waals surface area (Å²) < 4.78 is 156. The highest BCUT2D eigenvalue weighted by Crippen LogP contribution is 2.52. The normalized spacial score (nSPS) is 24.6. The number of carboxylic acids is 1. The van der Waals surface area contributed by atoms with E-state index in [-0.39, 0.29) is 90.8 Å². The molecule has 0 aliphatic carbocycles. The maximum Gasteiger partial charge on any atom is 0.490 e. The molecule has 4 fully saturated rings. The number of halogens is 3. The number of esters is 2. The summed E-state index contributed by atoms with van der Waals surface area (Å²) in [5.41, 5.74) is 43.8. The first kappa shape index (κ1) is 95.8. The Hall–Kier alpha value is -9.69. The topological polar surface area (TPSA) is 835 Å². The molecular weight excluding hydrogens is 1710 g/mol. The van der Waals surface area contributed by atoms with Gasteiger partial charge in [0.2, 0.25) is 0 Å². The molecule has 120 heavy (non-hydrogen) atoms. The minimum absolute atomic E-state index is 0.0100. The molecule has 0 radical (unpaired) electrons. The number of hydrogen-bond acceptors (Lipinski definition) is 40. The number of carbonyl (C=O) groups excluding carboxylic acids is 3. The fourth-order valence-corrected chi connectivity index (χ4v) is 14.2. The van der Waals surface area contributed by atoms with Gasteiger partial charge in [0, 0.05) is 48.1 Å². The number of nitrogen functional groups attached to an aromatic ring is 4. The quantitative estimate of drug-likeness (QED) is 0.00488. The van der Waals surface area contributed by atoms with Crippen LogP contribution in [0.3, 0.4) is 0 Å². The highest BCUT2D eigenvalue weighted by molar-refractivity contribution is 7.47. The number of hydrogen-bond donors (Lipinski definition) is 15. The van der Waals surface area contributed by atoms with Gasteiger partial charge in [0.15, 0.2) is 47.6 Å². The third kappa shape index (κ3) is 27.4. The number of aliphatic carboxylic acids is 1. The molecule has 6 aromatic heterocycles. The van der Waals surface area contributed by atoms with E-state index in [1.165, 1.54) is 46.3 Å². The number of phosphoric ester groups is 4. The summed E-state index contributed by atoms with van der Waals surface area (Å²) in [4.78, 5) is 169. The molecule has 10 rings (SSSR count). The summed E-state index contributed by atoms with van der Waals surface area (Å²) in [6.45, 7) is 1.64. The Labute approximate surface area is 669 Å². The number of alkyl carbamates (subject to hydrolysis) is 1. The molecule has 2 unspecified atom stereocenters. The molecule has 63 heteroatoms. The Morgan fingerprint density at radius 1 is 0.608 bits per heavy atom. The number of rotatable bonds is 35. The van der Waals surface area contributed by atoms with Gasteiger partial charge in [-0.1, -0.05) is 23.1 Å². The molecule has 0 bridgehead atoms. The van der Waals surface area contributed by atoms with Crippen molar-refractivity contribution in [3.8, 4) is 0 Å². The Kier molecular flexibility index (Phi) is 32.9. The summed E-state index contributed by atoms with van der Waals surface area (Å²) in [5, 5.41) is 39.4. The van der Waals surface area contributed by atoms with Crippen molar-refractivity contribution < 1.29 is 156 Å². The number of aliphatic hydroxyl groups is 2. The van der Waals surface area contributed by atoms with Crippen LogP contribution in [0.5, 0.6) is 0 Å². The van der Waals surface area contributed by atoms with E-state index in [1.807, 2.05) is 0 Å². The number of carbonyl (C=O) groups is 4. The van der Waals surface area contributed by atoms with Gasteiger partial charge in [-0.15, -0.1) is 0 Å². The van der Waals surface area contributed by atoms with Gasteiger partial charge < -0.3 is 112 Å². The standard InChI is InChI=1S/C30H44N12O16P2.C25H36N12O14P2.C2HF3O2/c1-30(2,3)57-29(46)38-15(6-4-5-8-37-40-33)27(44)56-23-18(55-26(22(23)43)42-14-36-21-24(32)34-13-35-25(21)42)12-53-60(50,51)58-16-10-20(41-9-7-19(31)39-28(41)45)54-17(16)11-52-59(47,48)49;26-12(3-1-2-5-33-35-29)24(39)50-20-15(49-23(19(20)38)37-11-32-18-21(28)30-10-31-22(18)37)9-47-53(44,45)51-13-7-17(36-6-4-16(27)34-25(36)40)48-14(13)8-46-52(41,42)43;3-2(4,5)1(6)7/h7,9,13-18,20,22-23,26,43H,4-6,8,10-12H2,1-3H3,(H,38,46)(H,50,51)(H2,31,39,45)(H2,32,34,35)(H2,47,48,49);4,6,10-15,17,19-20,23,38H,1-3,5,7-9,26H2,(H,44,45)(H2,27,34,40)(H2,28,30,31)(H2,41,42,43);(H,6,7)/t15-,16-,17+,18+,20+,22+,23+,26+;12-,13-,14+,15+,17+,19+,20+,23+;/m00./s1. The van der Waals surface area contributed by atoms with Crippen molar-refractivity contribution in [2.45, 2.75) is 182 Å². The number of anilines is 4. The molecule has 0 saturated carbocycles. The van der Waals surface area contributed by atoms with Gasteiger partial charge in [-0.05, 0) is 69.6 Å². The number of ether oxygens (including phenoxy) is 7. The average Bonchev–Trinajstić information content (AvgIpc) is 1.62. The largest absolute Gasteiger partial charge is 0.490 e. The Bertz CT molecular complexity index is 5010. The SMILES string of the molecule is CC(C)(C)OC(=O)N[C@@H](CCCCN=[N+]=[N-])C(=O)O[C@H]1[C@@H](O)[C@H](n2cnc3c(N)ncnc32)O[C@@H]1COP(=O)(O)O[C@H]1C[C@H](n2ccc(N)nc2=O)O[C@@H]1COP(=O)(O)O.O=C(O)C(F)(F)F.[N-]=[N+]=NCCCC[C@H](N)C(=O)O[C@H]1[C@@H](O)[C@H](n2cnc3c(N)ncnc32)O[C@@H]1COP(=O)(O)O[C@H]1C[C@H](n2ccc(N)nc2=O)O[C@@H]1COP(=O)(O)O. The lowest BCUT2D eigenvalue weighted by molar-refractivity contribution is -0.192. The molecule has 18 atom stereocenters. The van der Waals surface area contributed by atoms with Gasteiger partial charge in [0.25, 0.3) is 0 Å². The lowest BCUT2D eigenvalue weighted by Gasteiger charge is -2.26. The Balaban J connectivity index is 0.000000278. The maximum absolute atomic E-state index is 13.8. The van der Waals surface area contributed by atoms with Crippen LogP contribution in [0.1, 0.15) is 97.0 Å². The fourth-order valence-electron chi connectivity index (χ4n) is 11.6. The van der Waals surface area contributed by atoms with Crippen LogP contribution >= 0.6 is 31.3 Å². The van der Waals surface area contributed by atoms with Crippen LogP contribution in [0.2, 0.25) is 0 Å². The van der Waals surface area contributed by atoms with Crippen LogP contribution in [0.15, 0.2) is 69.7 Å². The zero-order valence-electron chi connectivity index (χ0n) is 62.5. The van der Waals surface area contributed by atoms with Gasteiger partial charge in [-0.2, -0.15) is 23.1 Å². The number of unbranched alkanes of at least 4 members (excludes halogenated alkanes) is 2. The van der Waals surface area contributed by atoms with Crippen molar-refractivity contribution in [1.29, 1.82) is 0 Å². The Morgan fingerprint density at radius 2 is 1.01 bits per heavy atom. The zero-order chi connectivity index (χ0) is 88.6. The Morgan fingerprint density at radius 3 is 1.39 bits per heavy atom. The summed E-state index contributed by atoms with van der Waals surface area (Å²) in [5.74, 6) is -4.99. The number of aliphatic hydroxyl groups excluding tert-OH is 2. The second kappa shape index (κ2) is 41.3. The monoisotopic (exact) mass is 1790 g/mol. The van der Waals surface area contributed by atoms with Crippen LogP contribution in [-0.4, -0.2) is 251 Å². The van der Waals surface area contributed by atoms with E-state index in [0.29, 0.717) is 19.3 Å². The number of imidazole rings is 2. The highest BCUT2D eigenvalue weighted by Gasteiger charge is 2.53. The first-order valence-corrected chi connectivity index (χ1v) is 40.9. The smallest absolute Gasteiger partial charge is 0.475 e. The summed E-state index contributed by atoms with van der Waals surface area (Å²) in [6.07, 6.45) is -18.8. The van der Waals surface area contributed by atoms with E-state index >= 15 is 0 Å². The predicted octanol–water partition coefficient (Wildman–Crippen LogP) is 0.449. The number of fused-ring (bicyclic) bond motifs is 2. The highest BCUT2D eigenvalue weighted by atomic mass is 31.2. The number of aromatic nitrogens is 12. The summed E-state index contributed by atoms with van der Waals surface area (Å²) in [7, 11) is -20.5. The van der Waals surface area contributed by atoms with Crippen molar-refractivity contribution in [2.24, 2.45) is 16.0 Å². The molecule has 20 N–H and O–H groups in total. The number of phosphoric acid groups is 4. The molecule has 6 aromatic rings. The summed E-state index contributed by atoms with van der Waals surface area (Å²) in [6, 6.07) is -0.00324. The number of alkyl halides is 3. The van der Waals surface area contributed by atoms with Gasteiger partial charge >= 0.3 is 72.8 Å². The molecule has 0 spiro atoms. The van der Waals surface area contributed by atoms with Gasteiger partial charge in [0.05, 0.1) is 39.1 Å². The van der Waals surface area contributed by atoms with Gasteiger partial charge in [0.1, 0.15) is 114 Å². The van der Waals surface area contributed by atoms with E-state index in [9.17, 15) is 95.0 Å². The summed E-state index contributed by atoms with van der Waals surface area (Å²) >= 11 is 0. The van der Waals surface area contributed by atoms with Crippen molar-refractivity contribution in [2.75, 3.05) is 62.5 Å². The van der Waals surface area contributed by atoms with E-state index in [0.717, 1.165) is 21.8 Å². The van der Waals surface area contributed by atoms with Crippen molar-refractivity contribution >= 4 is 101 Å². The van der Waals surface area contributed by atoms with Crippen LogP contribution < -0.4 is 45.4 Å². The van der Waals surface area contributed by atoms with Gasteiger partial charge in [-0.3, -0.25) is 50.2 Å². The molecule has 0 aromatic carbocycles. The van der Waals surface area contributed by atoms with E-state index < -0.39 is 203 Å². The van der Waals surface area contributed by atoms with E-state index in [4.69, 9.17) is 101 Å². The number of amides is 1. The third-order valence-electron chi connectivity index (χ3n) is 17.0. The molecule has 4 aliphatic heterocycles. The minimum Gasteiger partial charge on any atom is -0.475 e. The third-order valence-corrected chi connectivity index (χ3v) is 20.0. The first-order valence-electron chi connectivity index (χ1n) is 34.9. The van der Waals surface area contributed by atoms with Crippen molar-refractivity contribution in [1.82, 2.24) is 63.5 Å². The van der Waals surface area contributed by atoms with Crippen LogP contribution in [-0.2, 0) is 92.9 Å². The molecule has 10 heterocycles. The number of nitrogens with zero attached hydrogens (tertiary/aromatic N) is 18. The average molecular weight is 1800 g/mol. The van der Waals surface area contributed by atoms with Gasteiger partial charge in [-0.25, -0.2) is 72.1 Å². The minimum atomic E-state index is -5.24. The fraction of sp³-hybridized carbons (Fsp3) is 0.614. The lowest BCUT2D eigenvalue weighted by atomic mass is 10.1. The molecule has 56 nitrogen and oxygen atoms in total. The van der Waals surface area contributed by atoms with Crippen LogP contribution in [0.25, 0.3) is 43.2 Å². The second-order valence-corrected chi connectivity index (χ2v) is 32.1. The second-order valence-electron chi connectivity index (χ2n) is 26.8. The number of nitrogens with one attached hydrogen (secondary N) is 1. The van der Waals surface area contributed by atoms with Crippen LogP contribution in [0.4, 0.5) is 41.2 Å². The first-order chi connectivity index (χ1) is 56.1. The number of nitrogens with two attached hydrogens (primary N) is 5. The molecule has 662 valence electrons. The molecule has 4 aliphatic rings. The number of carboxylic acid groups (broad SMARTS) is 1. The van der Waals surface area contributed by atoms with Crippen LogP contribution in [0, 0.1) is 0 Å². The maximum atomic E-state index is 13.8. The molecule has 4 saturated heterocycles. The zero-order valence-corrected chi connectivity index (χ0v) is 66.1. The van der Waals surface area contributed by atoms with Crippen molar-refractivity contribution in [3.63, 3.8) is 0 Å². The number of azide groups is 2. The lowest BCUT2D eigenvalue weighted by Crippen LogP contribution is -2.47. The van der Waals surface area contributed by atoms with Crippen molar-refractivity contribution in [3.05, 3.63) is 91.7 Å². The van der Waals surface area contributed by atoms with E-state index in [1.54, 1.807) is 20.8 Å². The molecular formula is C57H81F3N24O32P4.